The van der Waals surface area contributed by atoms with Crippen LogP contribution in [0.5, 0.6) is 0 Å². The molecule has 1 unspecified atom stereocenters. The van der Waals surface area contributed by atoms with Crippen molar-refractivity contribution in [2.24, 2.45) is 5.92 Å². The van der Waals surface area contributed by atoms with E-state index in [0.29, 0.717) is 31.3 Å². The summed E-state index contributed by atoms with van der Waals surface area (Å²) in [7, 11) is 1.63. The highest BCUT2D eigenvalue weighted by atomic mass is 16.5. The molecule has 25 heavy (non-hydrogen) atoms. The number of ether oxygens (including phenoxy) is 2. The molecule has 1 saturated carbocycles. The highest BCUT2D eigenvalue weighted by Gasteiger charge is 2.33. The van der Waals surface area contributed by atoms with E-state index in [4.69, 9.17) is 14.0 Å². The van der Waals surface area contributed by atoms with Crippen LogP contribution in [-0.4, -0.2) is 47.8 Å². The molecule has 140 valence electrons. The Morgan fingerprint density at radius 2 is 2.08 bits per heavy atom. The molecule has 0 N–H and O–H groups in total. The Bertz CT molecular complexity index is 542. The van der Waals surface area contributed by atoms with Gasteiger partial charge in [0.25, 0.3) is 5.89 Å². The zero-order chi connectivity index (χ0) is 17.5. The zero-order valence-electron chi connectivity index (χ0n) is 15.1. The van der Waals surface area contributed by atoms with Crippen LogP contribution in [-0.2, 0) is 20.9 Å². The largest absolute Gasteiger partial charge is 0.382 e. The predicted octanol–water partition coefficient (Wildman–Crippen LogP) is 2.87. The summed E-state index contributed by atoms with van der Waals surface area (Å²) >= 11 is 0. The molecule has 1 amide bonds. The molecule has 1 aromatic heterocycles. The first kappa shape index (κ1) is 18.3. The first-order valence-corrected chi connectivity index (χ1v) is 9.46. The van der Waals surface area contributed by atoms with Crippen molar-refractivity contribution < 1.29 is 18.8 Å². The van der Waals surface area contributed by atoms with E-state index in [2.05, 4.69) is 10.1 Å². The number of methoxy groups -OCH3 is 1. The molecular weight excluding hydrogens is 322 g/mol. The Morgan fingerprint density at radius 1 is 1.24 bits per heavy atom. The number of likely N-dealkylation sites (tertiary alicyclic amines) is 1. The lowest BCUT2D eigenvalue weighted by Crippen LogP contribution is -2.31. The quantitative estimate of drug-likeness (QED) is 0.637. The molecule has 0 aromatic carbocycles. The number of carbonyl (C=O) groups excluding carboxylic acids is 1. The van der Waals surface area contributed by atoms with E-state index in [9.17, 15) is 4.79 Å². The fourth-order valence-electron chi connectivity index (χ4n) is 3.87. The standard InChI is InChI=1S/C18H29N3O4/c1-23-11-12-24-13-16-19-18(20-25-16)15-7-4-10-21(15)17(22)9-8-14-5-2-3-6-14/h14-15H,2-13H2,1H3. The molecule has 0 radical (unpaired) electrons. The third kappa shape index (κ3) is 5.01. The number of amides is 1. The van der Waals surface area contributed by atoms with Gasteiger partial charge in [0.15, 0.2) is 5.82 Å². The van der Waals surface area contributed by atoms with Gasteiger partial charge in [0.2, 0.25) is 5.91 Å². The van der Waals surface area contributed by atoms with Crippen molar-refractivity contribution >= 4 is 5.91 Å². The molecule has 2 fully saturated rings. The van der Waals surface area contributed by atoms with Gasteiger partial charge in [-0.15, -0.1) is 0 Å². The van der Waals surface area contributed by atoms with Crippen molar-refractivity contribution in [3.8, 4) is 0 Å². The number of hydrogen-bond donors (Lipinski definition) is 0. The molecular formula is C18H29N3O4. The van der Waals surface area contributed by atoms with Crippen LogP contribution in [0.15, 0.2) is 4.52 Å². The zero-order valence-corrected chi connectivity index (χ0v) is 15.1. The molecule has 2 heterocycles. The lowest BCUT2D eigenvalue weighted by Gasteiger charge is -2.23. The van der Waals surface area contributed by atoms with Crippen molar-refractivity contribution in [1.82, 2.24) is 15.0 Å². The van der Waals surface area contributed by atoms with Crippen LogP contribution >= 0.6 is 0 Å². The smallest absolute Gasteiger partial charge is 0.252 e. The van der Waals surface area contributed by atoms with E-state index in [1.54, 1.807) is 7.11 Å². The minimum atomic E-state index is -0.0486. The summed E-state index contributed by atoms with van der Waals surface area (Å²) < 4.78 is 15.6. The summed E-state index contributed by atoms with van der Waals surface area (Å²) in [6.45, 7) is 2.09. The molecule has 1 aliphatic carbocycles. The van der Waals surface area contributed by atoms with Crippen LogP contribution < -0.4 is 0 Å². The van der Waals surface area contributed by atoms with E-state index in [0.717, 1.165) is 31.7 Å². The average molecular weight is 351 g/mol. The molecule has 7 heteroatoms. The van der Waals surface area contributed by atoms with Crippen LogP contribution in [0, 0.1) is 5.92 Å². The van der Waals surface area contributed by atoms with Crippen molar-refractivity contribution in [3.63, 3.8) is 0 Å². The Morgan fingerprint density at radius 3 is 2.88 bits per heavy atom. The maximum Gasteiger partial charge on any atom is 0.252 e. The van der Waals surface area contributed by atoms with Crippen LogP contribution in [0.25, 0.3) is 0 Å². The van der Waals surface area contributed by atoms with Crippen molar-refractivity contribution in [3.05, 3.63) is 11.7 Å². The van der Waals surface area contributed by atoms with Gasteiger partial charge in [-0.3, -0.25) is 4.79 Å². The Labute approximate surface area is 149 Å². The van der Waals surface area contributed by atoms with Crippen LogP contribution in [0.2, 0.25) is 0 Å². The highest BCUT2D eigenvalue weighted by Crippen LogP contribution is 2.33. The number of aromatic nitrogens is 2. The fraction of sp³-hybridized carbons (Fsp3) is 0.833. The van der Waals surface area contributed by atoms with Gasteiger partial charge in [-0.05, 0) is 25.2 Å². The van der Waals surface area contributed by atoms with E-state index < -0.39 is 0 Å². The molecule has 1 aliphatic heterocycles. The normalized spacial score (nSPS) is 21.3. The SMILES string of the molecule is COCCOCc1nc(C2CCCN2C(=O)CCC2CCCC2)no1. The summed E-state index contributed by atoms with van der Waals surface area (Å²) in [6, 6.07) is -0.0486. The van der Waals surface area contributed by atoms with Crippen molar-refractivity contribution in [1.29, 1.82) is 0 Å². The van der Waals surface area contributed by atoms with Gasteiger partial charge in [0.1, 0.15) is 6.61 Å². The molecule has 3 rings (SSSR count). The van der Waals surface area contributed by atoms with Gasteiger partial charge in [0, 0.05) is 20.1 Å². The minimum absolute atomic E-state index is 0.0486. The van der Waals surface area contributed by atoms with E-state index in [1.165, 1.54) is 25.7 Å². The first-order chi connectivity index (χ1) is 12.3. The Kier molecular flexibility index (Phi) is 6.81. The molecule has 1 atom stereocenters. The second-order valence-corrected chi connectivity index (χ2v) is 7.03. The maximum atomic E-state index is 12.6. The van der Waals surface area contributed by atoms with Gasteiger partial charge < -0.3 is 18.9 Å². The van der Waals surface area contributed by atoms with Gasteiger partial charge in [-0.1, -0.05) is 30.8 Å². The second-order valence-electron chi connectivity index (χ2n) is 7.03. The van der Waals surface area contributed by atoms with Crippen molar-refractivity contribution in [2.75, 3.05) is 26.9 Å². The Hall–Kier alpha value is -1.47. The monoisotopic (exact) mass is 351 g/mol. The average Bonchev–Trinajstić information content (AvgIpc) is 3.37. The molecule has 7 nitrogen and oxygen atoms in total. The molecule has 1 aromatic rings. The first-order valence-electron chi connectivity index (χ1n) is 9.46. The van der Waals surface area contributed by atoms with Gasteiger partial charge in [-0.25, -0.2) is 0 Å². The van der Waals surface area contributed by atoms with E-state index in [-0.39, 0.29) is 18.6 Å². The Balaban J connectivity index is 1.50. The van der Waals surface area contributed by atoms with Gasteiger partial charge >= 0.3 is 0 Å². The van der Waals surface area contributed by atoms with E-state index in [1.807, 2.05) is 4.90 Å². The highest BCUT2D eigenvalue weighted by molar-refractivity contribution is 5.76. The van der Waals surface area contributed by atoms with Gasteiger partial charge in [-0.2, -0.15) is 4.98 Å². The summed E-state index contributed by atoms with van der Waals surface area (Å²) in [6.07, 6.45) is 8.78. The second kappa shape index (κ2) is 9.29. The summed E-state index contributed by atoms with van der Waals surface area (Å²) in [5, 5.41) is 4.08. The third-order valence-electron chi connectivity index (χ3n) is 5.25. The molecule has 0 spiro atoms. The number of hydrogen-bond acceptors (Lipinski definition) is 6. The van der Waals surface area contributed by atoms with Crippen LogP contribution in [0.1, 0.15) is 69.1 Å². The van der Waals surface area contributed by atoms with Crippen LogP contribution in [0.3, 0.4) is 0 Å². The van der Waals surface area contributed by atoms with Gasteiger partial charge in [0.05, 0.1) is 19.3 Å². The fourth-order valence-corrected chi connectivity index (χ4v) is 3.87. The molecule has 0 bridgehead atoms. The third-order valence-corrected chi connectivity index (χ3v) is 5.25. The topological polar surface area (TPSA) is 77.7 Å². The number of carbonyl (C=O) groups is 1. The van der Waals surface area contributed by atoms with Crippen LogP contribution in [0.4, 0.5) is 0 Å². The van der Waals surface area contributed by atoms with Crippen molar-refractivity contribution in [2.45, 2.75) is 64.0 Å². The molecule has 2 aliphatic rings. The lowest BCUT2D eigenvalue weighted by molar-refractivity contribution is -0.132. The summed E-state index contributed by atoms with van der Waals surface area (Å²) in [5.74, 6) is 2.04. The summed E-state index contributed by atoms with van der Waals surface area (Å²) in [4.78, 5) is 19.0. The minimum Gasteiger partial charge on any atom is -0.382 e. The predicted molar refractivity (Wildman–Crippen MR) is 90.7 cm³/mol. The van der Waals surface area contributed by atoms with E-state index >= 15 is 0 Å². The summed E-state index contributed by atoms with van der Waals surface area (Å²) in [5.41, 5.74) is 0. The lowest BCUT2D eigenvalue weighted by atomic mass is 10.0. The number of nitrogens with zero attached hydrogens (tertiary/aromatic N) is 3. The number of rotatable bonds is 9. The maximum absolute atomic E-state index is 12.6. The molecule has 1 saturated heterocycles.